The van der Waals surface area contributed by atoms with Crippen molar-refractivity contribution in [2.24, 2.45) is 0 Å². The van der Waals surface area contributed by atoms with E-state index in [0.29, 0.717) is 0 Å². The first kappa shape index (κ1) is 11.9. The lowest BCUT2D eigenvalue weighted by atomic mass is 9.95. The van der Waals surface area contributed by atoms with Crippen LogP contribution >= 0.6 is 0 Å². The summed E-state index contributed by atoms with van der Waals surface area (Å²) in [5, 5.41) is 1.30. The fourth-order valence-corrected chi connectivity index (χ4v) is 2.05. The van der Waals surface area contributed by atoms with Gasteiger partial charge < -0.3 is 4.74 Å². The molecule has 1 aromatic rings. The lowest BCUT2D eigenvalue weighted by Crippen LogP contribution is -2.35. The predicted molar refractivity (Wildman–Crippen MR) is 63.7 cm³/mol. The normalized spacial score (nSPS) is 16.4. The van der Waals surface area contributed by atoms with Crippen LogP contribution < -0.4 is 4.74 Å². The summed E-state index contributed by atoms with van der Waals surface area (Å²) in [6, 6.07) is 7.67. The van der Waals surface area contributed by atoms with Crippen LogP contribution in [0.1, 0.15) is 18.4 Å². The molecule has 0 heterocycles. The van der Waals surface area contributed by atoms with Crippen LogP contribution in [0.25, 0.3) is 0 Å². The summed E-state index contributed by atoms with van der Waals surface area (Å²) in [4.78, 5) is 17.1. The molecule has 1 aliphatic carbocycles. The highest BCUT2D eigenvalue weighted by atomic mass is 16.7. The molecule has 0 unspecified atom stereocenters. The van der Waals surface area contributed by atoms with Crippen molar-refractivity contribution in [2.45, 2.75) is 18.3 Å². The molecule has 4 nitrogen and oxygen atoms in total. The molecule has 0 spiro atoms. The summed E-state index contributed by atoms with van der Waals surface area (Å²) < 4.78 is 5.11. The molecule has 0 bridgehead atoms. The second-order valence-electron chi connectivity index (χ2n) is 4.30. The number of rotatable bonds is 4. The van der Waals surface area contributed by atoms with E-state index in [1.807, 2.05) is 24.3 Å². The fourth-order valence-electron chi connectivity index (χ4n) is 2.05. The van der Waals surface area contributed by atoms with Crippen LogP contribution in [0.4, 0.5) is 0 Å². The van der Waals surface area contributed by atoms with Gasteiger partial charge in [-0.15, -0.1) is 0 Å². The highest BCUT2D eigenvalue weighted by molar-refractivity contribution is 5.90. The molecule has 92 valence electrons. The highest BCUT2D eigenvalue weighted by Gasteiger charge is 2.52. The summed E-state index contributed by atoms with van der Waals surface area (Å²) in [5.74, 6) is 0.822. The van der Waals surface area contributed by atoms with Gasteiger partial charge in [-0.25, -0.2) is 5.06 Å². The van der Waals surface area contributed by atoms with Gasteiger partial charge in [0.15, 0.2) is 0 Å². The van der Waals surface area contributed by atoms with E-state index >= 15 is 0 Å². The highest BCUT2D eigenvalue weighted by Crippen LogP contribution is 2.49. The maximum atomic E-state index is 12.2. The van der Waals surface area contributed by atoms with Crippen LogP contribution in [-0.2, 0) is 15.0 Å². The summed E-state index contributed by atoms with van der Waals surface area (Å²) in [6.07, 6.45) is 1.76. The van der Waals surface area contributed by atoms with E-state index in [0.717, 1.165) is 24.2 Å². The molecule has 4 heteroatoms. The third-order valence-electron chi connectivity index (χ3n) is 3.36. The summed E-state index contributed by atoms with van der Waals surface area (Å²) in [6.45, 7) is 0. The van der Waals surface area contributed by atoms with E-state index in [2.05, 4.69) is 0 Å². The molecule has 0 saturated heterocycles. The summed E-state index contributed by atoms with van der Waals surface area (Å²) in [7, 11) is 4.78. The van der Waals surface area contributed by atoms with Crippen LogP contribution in [-0.4, -0.2) is 32.2 Å². The van der Waals surface area contributed by atoms with E-state index < -0.39 is 0 Å². The molecule has 0 aliphatic heterocycles. The second-order valence-corrected chi connectivity index (χ2v) is 4.30. The van der Waals surface area contributed by atoms with Gasteiger partial charge in [0.1, 0.15) is 5.75 Å². The van der Waals surface area contributed by atoms with Crippen LogP contribution in [0, 0.1) is 0 Å². The molecule has 1 aliphatic rings. The number of hydroxylamine groups is 2. The van der Waals surface area contributed by atoms with Crippen molar-refractivity contribution in [2.75, 3.05) is 21.3 Å². The lowest BCUT2D eigenvalue weighted by Gasteiger charge is -2.21. The van der Waals surface area contributed by atoms with Crippen LogP contribution in [0.2, 0.25) is 0 Å². The Morgan fingerprint density at radius 3 is 2.24 bits per heavy atom. The van der Waals surface area contributed by atoms with Crippen LogP contribution in [0.3, 0.4) is 0 Å². The van der Waals surface area contributed by atoms with E-state index in [4.69, 9.17) is 9.57 Å². The van der Waals surface area contributed by atoms with Gasteiger partial charge >= 0.3 is 0 Å². The Labute approximate surface area is 101 Å². The number of carbonyl (C=O) groups is 1. The molecule has 2 rings (SSSR count). The maximum absolute atomic E-state index is 12.2. The van der Waals surface area contributed by atoms with Crippen molar-refractivity contribution in [1.82, 2.24) is 5.06 Å². The Bertz CT molecular complexity index is 409. The Hall–Kier alpha value is -1.55. The Kier molecular flexibility index (Phi) is 3.07. The van der Waals surface area contributed by atoms with E-state index in [1.165, 1.54) is 12.2 Å². The van der Waals surface area contributed by atoms with Gasteiger partial charge in [0.2, 0.25) is 0 Å². The first-order valence-electron chi connectivity index (χ1n) is 5.61. The first-order valence-corrected chi connectivity index (χ1v) is 5.61. The predicted octanol–water partition coefficient (Wildman–Crippen LogP) is 1.75. The molecule has 0 radical (unpaired) electrons. The third kappa shape index (κ3) is 2.00. The van der Waals surface area contributed by atoms with E-state index in [1.54, 1.807) is 14.2 Å². The number of ether oxygens (including phenoxy) is 1. The van der Waals surface area contributed by atoms with Crippen molar-refractivity contribution in [3.8, 4) is 5.75 Å². The maximum Gasteiger partial charge on any atom is 0.256 e. The lowest BCUT2D eigenvalue weighted by molar-refractivity contribution is -0.171. The molecular weight excluding hydrogens is 218 g/mol. The molecule has 1 fully saturated rings. The fraction of sp³-hybridized carbons (Fsp3) is 0.462. The number of hydrogen-bond acceptors (Lipinski definition) is 3. The molecule has 17 heavy (non-hydrogen) atoms. The third-order valence-corrected chi connectivity index (χ3v) is 3.36. The molecule has 1 saturated carbocycles. The Morgan fingerprint density at radius 1 is 1.24 bits per heavy atom. The number of amides is 1. The number of hydrogen-bond donors (Lipinski definition) is 0. The quantitative estimate of drug-likeness (QED) is 0.746. The van der Waals surface area contributed by atoms with Crippen molar-refractivity contribution in [3.05, 3.63) is 29.8 Å². The minimum atomic E-state index is -0.378. The van der Waals surface area contributed by atoms with Crippen LogP contribution in [0.5, 0.6) is 5.75 Å². The van der Waals surface area contributed by atoms with Gasteiger partial charge in [-0.05, 0) is 30.5 Å². The largest absolute Gasteiger partial charge is 0.497 e. The Balaban J connectivity index is 2.23. The standard InChI is InChI=1S/C13H17NO3/c1-14(17-3)12(15)13(8-9-13)10-4-6-11(16-2)7-5-10/h4-7H,8-9H2,1-3H3. The van der Waals surface area contributed by atoms with Crippen molar-refractivity contribution in [1.29, 1.82) is 0 Å². The zero-order valence-electron chi connectivity index (χ0n) is 10.4. The van der Waals surface area contributed by atoms with Gasteiger partial charge in [-0.2, -0.15) is 0 Å². The molecule has 1 amide bonds. The number of carbonyl (C=O) groups excluding carboxylic acids is 1. The zero-order chi connectivity index (χ0) is 12.5. The minimum Gasteiger partial charge on any atom is -0.497 e. The van der Waals surface area contributed by atoms with Crippen molar-refractivity contribution >= 4 is 5.91 Å². The van der Waals surface area contributed by atoms with Gasteiger partial charge in [-0.3, -0.25) is 9.63 Å². The van der Waals surface area contributed by atoms with E-state index in [9.17, 15) is 4.79 Å². The van der Waals surface area contributed by atoms with Gasteiger partial charge in [0, 0.05) is 7.05 Å². The van der Waals surface area contributed by atoms with Gasteiger partial charge in [0.25, 0.3) is 5.91 Å². The first-order chi connectivity index (χ1) is 8.14. The molecule has 0 N–H and O–H groups in total. The number of benzene rings is 1. The molecule has 0 atom stereocenters. The van der Waals surface area contributed by atoms with Gasteiger partial charge in [0.05, 0.1) is 19.6 Å². The van der Waals surface area contributed by atoms with Crippen LogP contribution in [0.15, 0.2) is 24.3 Å². The summed E-state index contributed by atoms with van der Waals surface area (Å²) >= 11 is 0. The number of likely N-dealkylation sites (N-methyl/N-ethyl adjacent to an activating group) is 1. The number of methoxy groups -OCH3 is 1. The average Bonchev–Trinajstić information content (AvgIpc) is 3.18. The SMILES string of the molecule is COc1ccc(C2(C(=O)N(C)OC)CC2)cc1. The molecule has 1 aromatic carbocycles. The zero-order valence-corrected chi connectivity index (χ0v) is 10.4. The van der Waals surface area contributed by atoms with Crippen molar-refractivity contribution in [3.63, 3.8) is 0 Å². The second kappa shape index (κ2) is 4.37. The average molecular weight is 235 g/mol. The monoisotopic (exact) mass is 235 g/mol. The van der Waals surface area contributed by atoms with E-state index in [-0.39, 0.29) is 11.3 Å². The number of nitrogens with zero attached hydrogens (tertiary/aromatic N) is 1. The minimum absolute atomic E-state index is 0.0187. The molecule has 0 aromatic heterocycles. The molecular formula is C13H17NO3. The topological polar surface area (TPSA) is 38.8 Å². The van der Waals surface area contributed by atoms with Gasteiger partial charge in [-0.1, -0.05) is 12.1 Å². The smallest absolute Gasteiger partial charge is 0.256 e. The Morgan fingerprint density at radius 2 is 1.82 bits per heavy atom. The van der Waals surface area contributed by atoms with Crippen molar-refractivity contribution < 1.29 is 14.4 Å². The summed E-state index contributed by atoms with van der Waals surface area (Å²) in [5.41, 5.74) is 0.656.